The Morgan fingerprint density at radius 3 is 2.56 bits per heavy atom. The number of ether oxygens (including phenoxy) is 2. The first kappa shape index (κ1) is 24.0. The molecule has 2 aromatic carbocycles. The molecule has 0 aliphatic rings. The molecule has 1 N–H and O–H groups in total. The third kappa shape index (κ3) is 5.68. The Kier molecular flexibility index (Phi) is 7.69. The molecular formula is C24H27N5O3S2. The maximum atomic E-state index is 12.6. The molecule has 178 valence electrons. The summed E-state index contributed by atoms with van der Waals surface area (Å²) < 4.78 is 14.6. The van der Waals surface area contributed by atoms with Crippen molar-refractivity contribution >= 4 is 44.4 Å². The van der Waals surface area contributed by atoms with Crippen LogP contribution in [0.1, 0.15) is 32.7 Å². The smallest absolute Gasteiger partial charge is 0.236 e. The van der Waals surface area contributed by atoms with Gasteiger partial charge in [0, 0.05) is 6.54 Å². The zero-order valence-corrected chi connectivity index (χ0v) is 21.2. The standard InChI is InChI=1S/C24H27N5O3S2/c1-15(2)13-29-22(16(3)32-19-11-7-6-10-18(19)31-4)27-28-24(29)33-14-21(30)26-23-25-17-9-5-8-12-20(17)34-23/h5-12,15-16H,13-14H2,1-4H3,(H,25,26,30). The molecule has 4 aromatic rings. The van der Waals surface area contributed by atoms with E-state index in [9.17, 15) is 4.79 Å². The van der Waals surface area contributed by atoms with Crippen LogP contribution >= 0.6 is 23.1 Å². The van der Waals surface area contributed by atoms with Crippen LogP contribution in [-0.2, 0) is 11.3 Å². The van der Waals surface area contributed by atoms with E-state index in [4.69, 9.17) is 9.47 Å². The highest BCUT2D eigenvalue weighted by Crippen LogP contribution is 2.31. The lowest BCUT2D eigenvalue weighted by Crippen LogP contribution is -2.17. The number of carbonyl (C=O) groups excluding carboxylic acids is 1. The van der Waals surface area contributed by atoms with Crippen molar-refractivity contribution in [2.75, 3.05) is 18.2 Å². The van der Waals surface area contributed by atoms with E-state index in [1.54, 1.807) is 7.11 Å². The number of nitrogens with zero attached hydrogens (tertiary/aromatic N) is 4. The molecule has 0 bridgehead atoms. The number of hydrogen-bond acceptors (Lipinski definition) is 8. The van der Waals surface area contributed by atoms with Crippen LogP contribution in [0, 0.1) is 5.92 Å². The molecule has 1 amide bonds. The van der Waals surface area contributed by atoms with E-state index in [0.717, 1.165) is 10.2 Å². The largest absolute Gasteiger partial charge is 0.493 e. The zero-order chi connectivity index (χ0) is 24.1. The van der Waals surface area contributed by atoms with Crippen molar-refractivity contribution in [3.05, 3.63) is 54.4 Å². The molecule has 2 aromatic heterocycles. The number of thioether (sulfide) groups is 1. The molecule has 8 nitrogen and oxygen atoms in total. The summed E-state index contributed by atoms with van der Waals surface area (Å²) in [6, 6.07) is 15.3. The first-order chi connectivity index (χ1) is 16.4. The monoisotopic (exact) mass is 497 g/mol. The van der Waals surface area contributed by atoms with Crippen molar-refractivity contribution in [1.82, 2.24) is 19.7 Å². The Balaban J connectivity index is 1.45. The molecule has 0 saturated heterocycles. The number of benzene rings is 2. The number of methoxy groups -OCH3 is 1. The molecule has 0 aliphatic heterocycles. The van der Waals surface area contributed by atoms with Gasteiger partial charge in [0.25, 0.3) is 0 Å². The van der Waals surface area contributed by atoms with Crippen LogP contribution in [0.3, 0.4) is 0 Å². The fraction of sp³-hybridized carbons (Fsp3) is 0.333. The first-order valence-corrected chi connectivity index (χ1v) is 12.8. The van der Waals surface area contributed by atoms with E-state index >= 15 is 0 Å². The molecule has 1 atom stereocenters. The van der Waals surface area contributed by atoms with Gasteiger partial charge in [0.2, 0.25) is 5.91 Å². The van der Waals surface area contributed by atoms with Gasteiger partial charge in [-0.25, -0.2) is 4.98 Å². The Bertz CT molecular complexity index is 1240. The lowest BCUT2D eigenvalue weighted by Gasteiger charge is -2.19. The molecule has 0 fully saturated rings. The molecule has 0 aliphatic carbocycles. The number of hydrogen-bond donors (Lipinski definition) is 1. The second kappa shape index (κ2) is 10.9. The molecule has 1 unspecified atom stereocenters. The number of anilines is 1. The second-order valence-corrected chi connectivity index (χ2v) is 10.1. The summed E-state index contributed by atoms with van der Waals surface area (Å²) >= 11 is 2.81. The van der Waals surface area contributed by atoms with Gasteiger partial charge in [-0.1, -0.05) is 61.2 Å². The highest BCUT2D eigenvalue weighted by Gasteiger charge is 2.22. The van der Waals surface area contributed by atoms with Gasteiger partial charge in [-0.3, -0.25) is 4.79 Å². The van der Waals surface area contributed by atoms with Gasteiger partial charge in [-0.05, 0) is 37.1 Å². The molecular weight excluding hydrogens is 470 g/mol. The average molecular weight is 498 g/mol. The predicted molar refractivity (Wildman–Crippen MR) is 136 cm³/mol. The Morgan fingerprint density at radius 1 is 1.09 bits per heavy atom. The minimum absolute atomic E-state index is 0.136. The summed E-state index contributed by atoms with van der Waals surface area (Å²) in [7, 11) is 1.61. The molecule has 0 saturated carbocycles. The Labute approximate surface area is 206 Å². The van der Waals surface area contributed by atoms with E-state index in [1.165, 1.54) is 23.1 Å². The van der Waals surface area contributed by atoms with Crippen molar-refractivity contribution in [3.8, 4) is 11.5 Å². The van der Waals surface area contributed by atoms with E-state index < -0.39 is 0 Å². The van der Waals surface area contributed by atoms with Gasteiger partial charge in [-0.15, -0.1) is 10.2 Å². The highest BCUT2D eigenvalue weighted by molar-refractivity contribution is 7.99. The number of amides is 1. The highest BCUT2D eigenvalue weighted by atomic mass is 32.2. The van der Waals surface area contributed by atoms with E-state index in [-0.39, 0.29) is 17.8 Å². The summed E-state index contributed by atoms with van der Waals surface area (Å²) in [6.45, 7) is 6.90. The molecule has 0 radical (unpaired) electrons. The fourth-order valence-corrected chi connectivity index (χ4v) is 5.05. The van der Waals surface area contributed by atoms with Crippen LogP contribution in [0.4, 0.5) is 5.13 Å². The summed E-state index contributed by atoms with van der Waals surface area (Å²) in [5, 5.41) is 12.9. The average Bonchev–Trinajstić information content (AvgIpc) is 3.40. The van der Waals surface area contributed by atoms with Crippen LogP contribution in [-0.4, -0.2) is 38.5 Å². The number of rotatable bonds is 10. The van der Waals surface area contributed by atoms with Gasteiger partial charge >= 0.3 is 0 Å². The van der Waals surface area contributed by atoms with Crippen molar-refractivity contribution in [2.24, 2.45) is 5.92 Å². The zero-order valence-electron chi connectivity index (χ0n) is 19.5. The molecule has 0 spiro atoms. The van der Waals surface area contributed by atoms with E-state index in [2.05, 4.69) is 34.3 Å². The summed E-state index contributed by atoms with van der Waals surface area (Å²) in [4.78, 5) is 17.1. The summed E-state index contributed by atoms with van der Waals surface area (Å²) in [5.41, 5.74) is 0.876. The van der Waals surface area contributed by atoms with Gasteiger partial charge in [0.15, 0.2) is 33.7 Å². The van der Waals surface area contributed by atoms with Crippen LogP contribution in [0.25, 0.3) is 10.2 Å². The Hall–Kier alpha value is -3.11. The minimum Gasteiger partial charge on any atom is -0.493 e. The predicted octanol–water partition coefficient (Wildman–Crippen LogP) is 5.42. The lowest BCUT2D eigenvalue weighted by atomic mass is 10.2. The quantitative estimate of drug-likeness (QED) is 0.292. The van der Waals surface area contributed by atoms with E-state index in [0.29, 0.717) is 40.1 Å². The van der Waals surface area contributed by atoms with Crippen LogP contribution in [0.5, 0.6) is 11.5 Å². The Morgan fingerprint density at radius 2 is 1.82 bits per heavy atom. The maximum absolute atomic E-state index is 12.6. The second-order valence-electron chi connectivity index (χ2n) is 8.08. The van der Waals surface area contributed by atoms with Gasteiger partial charge in [0.1, 0.15) is 0 Å². The van der Waals surface area contributed by atoms with Crippen molar-refractivity contribution in [1.29, 1.82) is 0 Å². The van der Waals surface area contributed by atoms with E-state index in [1.807, 2.05) is 60.0 Å². The lowest BCUT2D eigenvalue weighted by molar-refractivity contribution is -0.113. The molecule has 4 rings (SSSR count). The SMILES string of the molecule is COc1ccccc1OC(C)c1nnc(SCC(=O)Nc2nc3ccccc3s2)n1CC(C)C. The summed E-state index contributed by atoms with van der Waals surface area (Å²) in [6.07, 6.45) is -0.353. The number of aromatic nitrogens is 4. The molecule has 2 heterocycles. The third-order valence-electron chi connectivity index (χ3n) is 4.90. The normalized spacial score (nSPS) is 12.1. The number of thiazole rings is 1. The van der Waals surface area contributed by atoms with Crippen molar-refractivity contribution < 1.29 is 14.3 Å². The number of fused-ring (bicyclic) bond motifs is 1. The van der Waals surface area contributed by atoms with Crippen LogP contribution in [0.15, 0.2) is 53.7 Å². The minimum atomic E-state index is -0.353. The van der Waals surface area contributed by atoms with Crippen LogP contribution in [0.2, 0.25) is 0 Å². The van der Waals surface area contributed by atoms with Crippen molar-refractivity contribution in [3.63, 3.8) is 0 Å². The summed E-state index contributed by atoms with van der Waals surface area (Å²) in [5.74, 6) is 2.43. The number of carbonyl (C=O) groups is 1. The fourth-order valence-electron chi connectivity index (χ4n) is 3.41. The van der Waals surface area contributed by atoms with Crippen molar-refractivity contribution in [2.45, 2.75) is 38.6 Å². The number of nitrogens with one attached hydrogen (secondary N) is 1. The first-order valence-electron chi connectivity index (χ1n) is 11.0. The van der Waals surface area contributed by atoms with Crippen LogP contribution < -0.4 is 14.8 Å². The molecule has 34 heavy (non-hydrogen) atoms. The topological polar surface area (TPSA) is 91.2 Å². The van der Waals surface area contributed by atoms with Gasteiger partial charge in [0.05, 0.1) is 23.1 Å². The van der Waals surface area contributed by atoms with Gasteiger partial charge < -0.3 is 19.4 Å². The molecule has 10 heteroatoms. The maximum Gasteiger partial charge on any atom is 0.236 e. The third-order valence-corrected chi connectivity index (χ3v) is 6.82. The van der Waals surface area contributed by atoms with Gasteiger partial charge in [-0.2, -0.15) is 0 Å². The number of para-hydroxylation sites is 3.